The van der Waals surface area contributed by atoms with Gasteiger partial charge in [-0.1, -0.05) is 6.08 Å². The second-order valence-corrected chi connectivity index (χ2v) is 3.24. The molecule has 0 amide bonds. The number of aliphatic hydroxyl groups excluding tert-OH is 1. The first-order valence-corrected chi connectivity index (χ1v) is 5.04. The molecule has 0 aliphatic rings. The fraction of sp³-hybridized carbons (Fsp3) is 0.500. The summed E-state index contributed by atoms with van der Waals surface area (Å²) in [4.78, 5) is 31.6. The van der Waals surface area contributed by atoms with Gasteiger partial charge < -0.3 is 24.9 Å². The van der Waals surface area contributed by atoms with Gasteiger partial charge >= 0.3 is 13.8 Å². The maximum atomic E-state index is 10.1. The Morgan fingerprint density at radius 2 is 1.71 bits per heavy atom. The summed E-state index contributed by atoms with van der Waals surface area (Å²) in [6.07, 6.45) is 1.90. The van der Waals surface area contributed by atoms with Crippen LogP contribution in [0.15, 0.2) is 11.6 Å². The van der Waals surface area contributed by atoms with E-state index in [-0.39, 0.29) is 12.2 Å². The van der Waals surface area contributed by atoms with Gasteiger partial charge in [-0.05, 0) is 13.3 Å². The first kappa shape index (κ1) is 15.7. The van der Waals surface area contributed by atoms with Crippen LogP contribution in [0.5, 0.6) is 0 Å². The average Bonchev–Trinajstić information content (AvgIpc) is 1.96. The van der Waals surface area contributed by atoms with Gasteiger partial charge in [0.15, 0.2) is 0 Å². The molecule has 0 saturated heterocycles. The lowest BCUT2D eigenvalue weighted by molar-refractivity contribution is -0.132. The summed E-state index contributed by atoms with van der Waals surface area (Å²) >= 11 is 0. The minimum absolute atomic E-state index is 0.00458. The smallest absolute Gasteiger partial charge is 0.466 e. The SMILES string of the molecule is CC(=CCCO)C(=O)O.O=P(O)(O)O. The number of carboxylic acids is 1. The van der Waals surface area contributed by atoms with E-state index < -0.39 is 13.8 Å². The minimum Gasteiger partial charge on any atom is -0.478 e. The number of rotatable bonds is 3. The monoisotopic (exact) mass is 228 g/mol. The molecule has 0 spiro atoms. The molecule has 0 bridgehead atoms. The molecule has 0 aromatic rings. The Morgan fingerprint density at radius 1 is 1.36 bits per heavy atom. The van der Waals surface area contributed by atoms with Crippen LogP contribution in [0.1, 0.15) is 13.3 Å². The van der Waals surface area contributed by atoms with Crippen LogP contribution < -0.4 is 0 Å². The fourth-order valence-electron chi connectivity index (χ4n) is 0.368. The van der Waals surface area contributed by atoms with Crippen molar-refractivity contribution < 1.29 is 34.3 Å². The number of aliphatic hydroxyl groups is 1. The molecule has 0 aromatic carbocycles. The predicted octanol–water partition coefficient (Wildman–Crippen LogP) is -0.529. The van der Waals surface area contributed by atoms with Crippen LogP contribution in [0.4, 0.5) is 0 Å². The van der Waals surface area contributed by atoms with Crippen LogP contribution in [0.25, 0.3) is 0 Å². The predicted molar refractivity (Wildman–Crippen MR) is 47.4 cm³/mol. The molecule has 0 saturated carbocycles. The molecule has 0 aromatic heterocycles. The number of aliphatic carboxylic acids is 1. The lowest BCUT2D eigenvalue weighted by atomic mass is 10.2. The van der Waals surface area contributed by atoms with Gasteiger partial charge in [0, 0.05) is 12.2 Å². The van der Waals surface area contributed by atoms with E-state index in [1.807, 2.05) is 0 Å². The van der Waals surface area contributed by atoms with Crippen LogP contribution in [-0.4, -0.2) is 37.5 Å². The number of carbonyl (C=O) groups is 1. The average molecular weight is 228 g/mol. The fourth-order valence-corrected chi connectivity index (χ4v) is 0.368. The Hall–Kier alpha value is -0.720. The molecule has 5 N–H and O–H groups in total. The molecule has 0 unspecified atom stereocenters. The van der Waals surface area contributed by atoms with Crippen molar-refractivity contribution in [2.45, 2.75) is 13.3 Å². The maximum Gasteiger partial charge on any atom is 0.466 e. The zero-order valence-electron chi connectivity index (χ0n) is 7.49. The van der Waals surface area contributed by atoms with E-state index in [4.69, 9.17) is 29.5 Å². The molecule has 0 heterocycles. The van der Waals surface area contributed by atoms with Crippen LogP contribution in [0.3, 0.4) is 0 Å². The second-order valence-electron chi connectivity index (χ2n) is 2.22. The summed E-state index contributed by atoms with van der Waals surface area (Å²) in [5.74, 6) is -0.927. The summed E-state index contributed by atoms with van der Waals surface area (Å²) in [6.45, 7) is 1.50. The van der Waals surface area contributed by atoms with Crippen molar-refractivity contribution in [3.8, 4) is 0 Å². The molecule has 0 atom stereocenters. The van der Waals surface area contributed by atoms with E-state index in [0.717, 1.165) is 0 Å². The van der Waals surface area contributed by atoms with Crippen LogP contribution in [-0.2, 0) is 9.36 Å². The first-order chi connectivity index (χ1) is 6.18. The van der Waals surface area contributed by atoms with Crippen molar-refractivity contribution in [2.75, 3.05) is 6.61 Å². The van der Waals surface area contributed by atoms with Gasteiger partial charge in [-0.2, -0.15) is 0 Å². The molecular weight excluding hydrogens is 215 g/mol. The molecule has 0 fully saturated rings. The highest BCUT2D eigenvalue weighted by Crippen LogP contribution is 2.25. The highest BCUT2D eigenvalue weighted by Gasteiger charge is 2.00. The maximum absolute atomic E-state index is 10.1. The molecule has 0 aliphatic heterocycles. The van der Waals surface area contributed by atoms with E-state index in [0.29, 0.717) is 6.42 Å². The zero-order chi connectivity index (χ0) is 11.8. The topological polar surface area (TPSA) is 135 Å². The van der Waals surface area contributed by atoms with Crippen LogP contribution in [0.2, 0.25) is 0 Å². The Kier molecular flexibility index (Phi) is 8.61. The molecule has 8 heteroatoms. The highest BCUT2D eigenvalue weighted by atomic mass is 31.2. The van der Waals surface area contributed by atoms with Gasteiger partial charge in [0.1, 0.15) is 0 Å². The summed E-state index contributed by atoms with van der Waals surface area (Å²) in [6, 6.07) is 0. The first-order valence-electron chi connectivity index (χ1n) is 3.47. The summed E-state index contributed by atoms with van der Waals surface area (Å²) < 4.78 is 8.88. The molecule has 0 radical (unpaired) electrons. The highest BCUT2D eigenvalue weighted by molar-refractivity contribution is 7.45. The Labute approximate surface area is 80.6 Å². The zero-order valence-corrected chi connectivity index (χ0v) is 8.39. The Morgan fingerprint density at radius 3 is 1.93 bits per heavy atom. The third kappa shape index (κ3) is 22.5. The Balaban J connectivity index is 0. The summed E-state index contributed by atoms with van der Waals surface area (Å²) in [7, 11) is -4.64. The normalized spacial score (nSPS) is 11.6. The number of hydrogen-bond acceptors (Lipinski definition) is 3. The van der Waals surface area contributed by atoms with E-state index >= 15 is 0 Å². The van der Waals surface area contributed by atoms with Crippen molar-refractivity contribution in [3.63, 3.8) is 0 Å². The van der Waals surface area contributed by atoms with Crippen molar-refractivity contribution in [1.82, 2.24) is 0 Å². The van der Waals surface area contributed by atoms with Crippen LogP contribution >= 0.6 is 7.82 Å². The molecular formula is C6H13O7P. The summed E-state index contributed by atoms with van der Waals surface area (Å²) in [5, 5.41) is 16.5. The van der Waals surface area contributed by atoms with Gasteiger partial charge in [-0.15, -0.1) is 0 Å². The Bertz CT molecular complexity index is 232. The van der Waals surface area contributed by atoms with Gasteiger partial charge in [-0.3, -0.25) is 0 Å². The van der Waals surface area contributed by atoms with E-state index in [1.54, 1.807) is 0 Å². The van der Waals surface area contributed by atoms with Crippen molar-refractivity contribution in [3.05, 3.63) is 11.6 Å². The molecule has 14 heavy (non-hydrogen) atoms. The van der Waals surface area contributed by atoms with Gasteiger partial charge in [0.25, 0.3) is 0 Å². The van der Waals surface area contributed by atoms with E-state index in [2.05, 4.69) is 0 Å². The lowest BCUT2D eigenvalue weighted by Crippen LogP contribution is -1.95. The number of phosphoric acid groups is 1. The second kappa shape index (κ2) is 7.66. The number of hydrogen-bond donors (Lipinski definition) is 5. The third-order valence-electron chi connectivity index (χ3n) is 0.917. The quantitative estimate of drug-likeness (QED) is 0.323. The molecule has 0 aliphatic carbocycles. The molecule has 7 nitrogen and oxygen atoms in total. The van der Waals surface area contributed by atoms with Crippen molar-refractivity contribution in [1.29, 1.82) is 0 Å². The molecule has 84 valence electrons. The number of carboxylic acid groups (broad SMARTS) is 1. The summed E-state index contributed by atoms with van der Waals surface area (Å²) in [5.41, 5.74) is 0.282. The van der Waals surface area contributed by atoms with Gasteiger partial charge in [0.2, 0.25) is 0 Å². The lowest BCUT2D eigenvalue weighted by Gasteiger charge is -1.89. The van der Waals surface area contributed by atoms with Gasteiger partial charge in [-0.25, -0.2) is 9.36 Å². The van der Waals surface area contributed by atoms with Gasteiger partial charge in [0.05, 0.1) is 0 Å². The van der Waals surface area contributed by atoms with Crippen molar-refractivity contribution >= 4 is 13.8 Å². The van der Waals surface area contributed by atoms with Crippen LogP contribution in [0, 0.1) is 0 Å². The molecule has 0 rings (SSSR count). The van der Waals surface area contributed by atoms with E-state index in [1.165, 1.54) is 13.0 Å². The van der Waals surface area contributed by atoms with Crippen molar-refractivity contribution in [2.24, 2.45) is 0 Å². The van der Waals surface area contributed by atoms with E-state index in [9.17, 15) is 4.79 Å². The standard InChI is InChI=1S/C6H10O3.H3O4P/c1-5(6(8)9)3-2-4-7;1-5(2,3)4/h3,7H,2,4H2,1H3,(H,8,9);(H3,1,2,3,4). The minimum atomic E-state index is -4.64. The largest absolute Gasteiger partial charge is 0.478 e. The third-order valence-corrected chi connectivity index (χ3v) is 0.917.